The number of hydrogen-bond acceptors (Lipinski definition) is 4. The first kappa shape index (κ1) is 13.8. The summed E-state index contributed by atoms with van der Waals surface area (Å²) < 4.78 is 5.34. The summed E-state index contributed by atoms with van der Waals surface area (Å²) in [5.41, 5.74) is 1.39. The smallest absolute Gasteiger partial charge is 0.435 e. The van der Waals surface area contributed by atoms with Crippen LogP contribution in [0.15, 0.2) is 18.3 Å². The predicted molar refractivity (Wildman–Crippen MR) is 70.4 cm³/mol. The number of carbonyl (C=O) groups is 1. The number of hydrogen-bond donors (Lipinski definition) is 0. The van der Waals surface area contributed by atoms with Crippen molar-refractivity contribution >= 4 is 6.09 Å². The number of amides is 1. The summed E-state index contributed by atoms with van der Waals surface area (Å²) in [5.74, 6) is 0. The third-order valence-electron chi connectivity index (χ3n) is 2.80. The summed E-state index contributed by atoms with van der Waals surface area (Å²) in [4.78, 5) is 21.7. The highest BCUT2D eigenvalue weighted by atomic mass is 16.7. The Hall–Kier alpha value is -1.62. The molecule has 0 spiro atoms. The Morgan fingerprint density at radius 3 is 2.79 bits per heavy atom. The zero-order valence-corrected chi connectivity index (χ0v) is 11.8. The third-order valence-corrected chi connectivity index (χ3v) is 2.80. The van der Waals surface area contributed by atoms with Gasteiger partial charge in [0.1, 0.15) is 5.60 Å². The Morgan fingerprint density at radius 2 is 2.21 bits per heavy atom. The van der Waals surface area contributed by atoms with Crippen LogP contribution in [0, 0.1) is 6.92 Å². The number of rotatable bonds is 1. The van der Waals surface area contributed by atoms with Gasteiger partial charge in [0, 0.05) is 18.3 Å². The Bertz CT molecular complexity index is 451. The van der Waals surface area contributed by atoms with Crippen molar-refractivity contribution in [2.24, 2.45) is 0 Å². The van der Waals surface area contributed by atoms with Crippen LogP contribution in [0.1, 0.15) is 44.5 Å². The van der Waals surface area contributed by atoms with Gasteiger partial charge in [0.15, 0.2) is 0 Å². The van der Waals surface area contributed by atoms with Gasteiger partial charge < -0.3 is 4.74 Å². The Morgan fingerprint density at radius 1 is 1.47 bits per heavy atom. The number of aryl methyl sites for hydroxylation is 1. The molecule has 1 aromatic rings. The molecule has 0 aliphatic carbocycles. The molecule has 5 heteroatoms. The SMILES string of the molecule is Cc1ccc(C2CCON2C(=O)OC(C)(C)C)cn1. The van der Waals surface area contributed by atoms with Gasteiger partial charge in [-0.25, -0.2) is 4.79 Å². The van der Waals surface area contributed by atoms with E-state index in [1.54, 1.807) is 6.20 Å². The molecule has 0 radical (unpaired) electrons. The topological polar surface area (TPSA) is 51.7 Å². The van der Waals surface area contributed by atoms with Crippen molar-refractivity contribution in [2.45, 2.75) is 45.8 Å². The molecule has 2 heterocycles. The Kier molecular flexibility index (Phi) is 3.75. The van der Waals surface area contributed by atoms with E-state index in [1.807, 2.05) is 39.8 Å². The van der Waals surface area contributed by atoms with Gasteiger partial charge in [-0.3, -0.25) is 9.82 Å². The summed E-state index contributed by atoms with van der Waals surface area (Å²) in [7, 11) is 0. The normalized spacial score (nSPS) is 19.6. The van der Waals surface area contributed by atoms with Crippen LogP contribution >= 0.6 is 0 Å². The predicted octanol–water partition coefficient (Wildman–Crippen LogP) is 3.00. The maximum absolute atomic E-state index is 12.1. The lowest BCUT2D eigenvalue weighted by molar-refractivity contribution is -0.125. The van der Waals surface area contributed by atoms with Crippen LogP contribution < -0.4 is 0 Å². The fourth-order valence-corrected chi connectivity index (χ4v) is 1.94. The molecule has 0 saturated carbocycles. The maximum atomic E-state index is 12.1. The molecule has 104 valence electrons. The van der Waals surface area contributed by atoms with Gasteiger partial charge in [-0.15, -0.1) is 0 Å². The van der Waals surface area contributed by atoms with E-state index in [2.05, 4.69) is 4.98 Å². The van der Waals surface area contributed by atoms with Crippen LogP contribution in [-0.4, -0.2) is 28.3 Å². The number of pyridine rings is 1. The molecule has 2 rings (SSSR count). The van der Waals surface area contributed by atoms with Crippen molar-refractivity contribution < 1.29 is 14.4 Å². The summed E-state index contributed by atoms with van der Waals surface area (Å²) in [6.07, 6.45) is 2.09. The average molecular weight is 264 g/mol. The number of aromatic nitrogens is 1. The molecule has 1 amide bonds. The van der Waals surface area contributed by atoms with Crippen LogP contribution in [0.2, 0.25) is 0 Å². The quantitative estimate of drug-likeness (QED) is 0.782. The summed E-state index contributed by atoms with van der Waals surface area (Å²) in [6, 6.07) is 3.78. The molecule has 0 N–H and O–H groups in total. The van der Waals surface area contributed by atoms with Gasteiger partial charge in [-0.1, -0.05) is 6.07 Å². The molecule has 1 fully saturated rings. The zero-order chi connectivity index (χ0) is 14.0. The van der Waals surface area contributed by atoms with E-state index in [0.29, 0.717) is 6.61 Å². The second-order valence-electron chi connectivity index (χ2n) is 5.68. The zero-order valence-electron chi connectivity index (χ0n) is 11.8. The highest BCUT2D eigenvalue weighted by Crippen LogP contribution is 2.31. The summed E-state index contributed by atoms with van der Waals surface area (Å²) in [6.45, 7) is 7.95. The van der Waals surface area contributed by atoms with E-state index < -0.39 is 11.7 Å². The summed E-state index contributed by atoms with van der Waals surface area (Å²) in [5, 5.41) is 1.32. The number of carbonyl (C=O) groups excluding carboxylic acids is 1. The van der Waals surface area contributed by atoms with Crippen molar-refractivity contribution in [3.63, 3.8) is 0 Å². The van der Waals surface area contributed by atoms with Crippen molar-refractivity contribution in [2.75, 3.05) is 6.61 Å². The number of nitrogens with zero attached hydrogens (tertiary/aromatic N) is 2. The molecule has 1 aromatic heterocycles. The van der Waals surface area contributed by atoms with Gasteiger partial charge in [0.2, 0.25) is 0 Å². The molecule has 0 aromatic carbocycles. The Balaban J connectivity index is 2.12. The first-order chi connectivity index (χ1) is 8.87. The lowest BCUT2D eigenvalue weighted by Crippen LogP contribution is -2.35. The van der Waals surface area contributed by atoms with Gasteiger partial charge in [-0.05, 0) is 39.3 Å². The molecular weight excluding hydrogens is 244 g/mol. The van der Waals surface area contributed by atoms with Crippen LogP contribution in [0.3, 0.4) is 0 Å². The third kappa shape index (κ3) is 3.44. The lowest BCUT2D eigenvalue weighted by Gasteiger charge is -2.27. The fraction of sp³-hybridized carbons (Fsp3) is 0.571. The van der Waals surface area contributed by atoms with E-state index in [0.717, 1.165) is 17.7 Å². The van der Waals surface area contributed by atoms with Crippen molar-refractivity contribution in [3.05, 3.63) is 29.6 Å². The monoisotopic (exact) mass is 264 g/mol. The maximum Gasteiger partial charge on any atom is 0.435 e. The van der Waals surface area contributed by atoms with E-state index in [4.69, 9.17) is 9.57 Å². The minimum absolute atomic E-state index is 0.122. The number of ether oxygens (including phenoxy) is 1. The first-order valence-corrected chi connectivity index (χ1v) is 6.44. The van der Waals surface area contributed by atoms with Crippen LogP contribution in [-0.2, 0) is 9.57 Å². The molecule has 19 heavy (non-hydrogen) atoms. The van der Waals surface area contributed by atoms with Crippen LogP contribution in [0.25, 0.3) is 0 Å². The van der Waals surface area contributed by atoms with Crippen molar-refractivity contribution in [1.82, 2.24) is 10.0 Å². The van der Waals surface area contributed by atoms with Crippen LogP contribution in [0.5, 0.6) is 0 Å². The minimum Gasteiger partial charge on any atom is -0.442 e. The highest BCUT2D eigenvalue weighted by Gasteiger charge is 2.34. The van der Waals surface area contributed by atoms with E-state index in [-0.39, 0.29) is 6.04 Å². The fourth-order valence-electron chi connectivity index (χ4n) is 1.94. The van der Waals surface area contributed by atoms with Gasteiger partial charge in [0.25, 0.3) is 0 Å². The Labute approximate surface area is 113 Å². The number of hydroxylamine groups is 2. The molecule has 1 saturated heterocycles. The highest BCUT2D eigenvalue weighted by molar-refractivity contribution is 5.67. The second-order valence-corrected chi connectivity index (χ2v) is 5.68. The van der Waals surface area contributed by atoms with E-state index in [1.165, 1.54) is 5.06 Å². The minimum atomic E-state index is -0.529. The first-order valence-electron chi connectivity index (χ1n) is 6.44. The molecule has 1 unspecified atom stereocenters. The van der Waals surface area contributed by atoms with Gasteiger partial charge in [-0.2, -0.15) is 5.06 Å². The molecule has 1 aliphatic rings. The van der Waals surface area contributed by atoms with Gasteiger partial charge in [0.05, 0.1) is 12.6 Å². The van der Waals surface area contributed by atoms with Crippen molar-refractivity contribution in [1.29, 1.82) is 0 Å². The summed E-state index contributed by atoms with van der Waals surface area (Å²) >= 11 is 0. The second kappa shape index (κ2) is 5.17. The molecule has 0 bridgehead atoms. The van der Waals surface area contributed by atoms with Gasteiger partial charge >= 0.3 is 6.09 Å². The van der Waals surface area contributed by atoms with Crippen LogP contribution in [0.4, 0.5) is 4.79 Å². The lowest BCUT2D eigenvalue weighted by atomic mass is 10.1. The van der Waals surface area contributed by atoms with Crippen molar-refractivity contribution in [3.8, 4) is 0 Å². The van der Waals surface area contributed by atoms with E-state index >= 15 is 0 Å². The average Bonchev–Trinajstić information content (AvgIpc) is 2.76. The van der Waals surface area contributed by atoms with E-state index in [9.17, 15) is 4.79 Å². The standard InChI is InChI=1S/C14H20N2O3/c1-10-5-6-11(9-15-10)12-7-8-18-16(12)13(17)19-14(2,3)4/h5-6,9,12H,7-8H2,1-4H3. The molecule has 5 nitrogen and oxygen atoms in total. The molecular formula is C14H20N2O3. The largest absolute Gasteiger partial charge is 0.442 e. The molecule has 1 atom stereocenters. The molecule has 1 aliphatic heterocycles.